The van der Waals surface area contributed by atoms with Gasteiger partial charge in [0.1, 0.15) is 5.75 Å². The van der Waals surface area contributed by atoms with E-state index in [2.05, 4.69) is 4.98 Å². The average Bonchev–Trinajstić information content (AvgIpc) is 2.66. The first kappa shape index (κ1) is 17.4. The van der Waals surface area contributed by atoms with Crippen LogP contribution in [0.5, 0.6) is 5.75 Å². The minimum Gasteiger partial charge on any atom is -0.497 e. The third-order valence-corrected chi connectivity index (χ3v) is 4.00. The highest BCUT2D eigenvalue weighted by atomic mass is 16.5. The van der Waals surface area contributed by atoms with Crippen LogP contribution in [0.3, 0.4) is 0 Å². The van der Waals surface area contributed by atoms with Gasteiger partial charge in [0, 0.05) is 22.5 Å². The number of H-pyrrole nitrogens is 1. The Hall–Kier alpha value is -3.41. The SMILES string of the molecule is COc1ccc(C(=O)[C@H](C)OC(=O)c2cc(=O)[nH]c3ccccc23)cc1. The van der Waals surface area contributed by atoms with Crippen LogP contribution < -0.4 is 10.3 Å². The highest BCUT2D eigenvalue weighted by molar-refractivity contribution is 6.05. The molecule has 0 aliphatic heterocycles. The van der Waals surface area contributed by atoms with Crippen molar-refractivity contribution >= 4 is 22.7 Å². The van der Waals surface area contributed by atoms with Crippen LogP contribution in [0.25, 0.3) is 10.9 Å². The van der Waals surface area contributed by atoms with Crippen molar-refractivity contribution in [3.8, 4) is 5.75 Å². The lowest BCUT2D eigenvalue weighted by atomic mass is 10.1. The summed E-state index contributed by atoms with van der Waals surface area (Å²) >= 11 is 0. The molecule has 1 aromatic heterocycles. The van der Waals surface area contributed by atoms with E-state index in [0.29, 0.717) is 22.2 Å². The third-order valence-electron chi connectivity index (χ3n) is 4.00. The number of carbonyl (C=O) groups is 2. The molecule has 0 radical (unpaired) electrons. The molecule has 1 atom stereocenters. The Morgan fingerprint density at radius 2 is 1.73 bits per heavy atom. The molecule has 6 nitrogen and oxygen atoms in total. The van der Waals surface area contributed by atoms with Crippen LogP contribution in [0.2, 0.25) is 0 Å². The van der Waals surface area contributed by atoms with Gasteiger partial charge in [0.05, 0.1) is 12.7 Å². The number of Topliss-reactive ketones (excluding diaryl/α,β-unsaturated/α-hetero) is 1. The van der Waals surface area contributed by atoms with E-state index in [1.807, 2.05) is 0 Å². The highest BCUT2D eigenvalue weighted by Crippen LogP contribution is 2.18. The fraction of sp³-hybridized carbons (Fsp3) is 0.150. The van der Waals surface area contributed by atoms with Gasteiger partial charge >= 0.3 is 5.97 Å². The maximum absolute atomic E-state index is 12.5. The van der Waals surface area contributed by atoms with Crippen LogP contribution in [-0.4, -0.2) is 30.0 Å². The summed E-state index contributed by atoms with van der Waals surface area (Å²) in [6, 6.07) is 14.6. The molecule has 132 valence electrons. The molecule has 0 aliphatic rings. The molecule has 0 aliphatic carbocycles. The van der Waals surface area contributed by atoms with Crippen LogP contribution in [0.15, 0.2) is 59.4 Å². The predicted octanol–water partition coefficient (Wildman–Crippen LogP) is 2.96. The summed E-state index contributed by atoms with van der Waals surface area (Å²) in [4.78, 5) is 39.4. The first-order chi connectivity index (χ1) is 12.5. The van der Waals surface area contributed by atoms with E-state index in [0.717, 1.165) is 0 Å². The van der Waals surface area contributed by atoms with Gasteiger partial charge < -0.3 is 14.5 Å². The van der Waals surface area contributed by atoms with Gasteiger partial charge in [-0.1, -0.05) is 18.2 Å². The molecule has 3 aromatic rings. The van der Waals surface area contributed by atoms with Gasteiger partial charge in [-0.05, 0) is 37.3 Å². The Kier molecular flexibility index (Phi) is 4.84. The summed E-state index contributed by atoms with van der Waals surface area (Å²) in [5.41, 5.74) is 0.645. The van der Waals surface area contributed by atoms with Crippen LogP contribution in [0.4, 0.5) is 0 Å². The number of aromatic nitrogens is 1. The first-order valence-electron chi connectivity index (χ1n) is 8.01. The monoisotopic (exact) mass is 351 g/mol. The number of fused-ring (bicyclic) bond motifs is 1. The molecule has 0 unspecified atom stereocenters. The van der Waals surface area contributed by atoms with Gasteiger partial charge in [-0.25, -0.2) is 4.79 Å². The zero-order valence-corrected chi connectivity index (χ0v) is 14.3. The summed E-state index contributed by atoms with van der Waals surface area (Å²) in [6.45, 7) is 1.50. The summed E-state index contributed by atoms with van der Waals surface area (Å²) in [7, 11) is 1.53. The fourth-order valence-corrected chi connectivity index (χ4v) is 2.64. The largest absolute Gasteiger partial charge is 0.497 e. The lowest BCUT2D eigenvalue weighted by molar-refractivity contribution is 0.0320. The number of esters is 1. The Labute approximate surface area is 149 Å². The molecule has 0 saturated carbocycles. The quantitative estimate of drug-likeness (QED) is 0.564. The van der Waals surface area contributed by atoms with Crippen LogP contribution in [0.1, 0.15) is 27.6 Å². The highest BCUT2D eigenvalue weighted by Gasteiger charge is 2.22. The number of methoxy groups -OCH3 is 1. The van der Waals surface area contributed by atoms with Crippen molar-refractivity contribution in [1.29, 1.82) is 0 Å². The Morgan fingerprint density at radius 1 is 1.04 bits per heavy atom. The average molecular weight is 351 g/mol. The van der Waals surface area contributed by atoms with Gasteiger partial charge in [0.25, 0.3) is 0 Å². The van der Waals surface area contributed by atoms with E-state index in [4.69, 9.17) is 9.47 Å². The minimum atomic E-state index is -0.992. The number of carbonyl (C=O) groups excluding carboxylic acids is 2. The molecule has 1 N–H and O–H groups in total. The Bertz CT molecular complexity index is 1020. The first-order valence-corrected chi connectivity index (χ1v) is 8.01. The van der Waals surface area contributed by atoms with Gasteiger partial charge in [0.15, 0.2) is 6.10 Å². The maximum Gasteiger partial charge on any atom is 0.339 e. The topological polar surface area (TPSA) is 85.5 Å². The molecule has 0 fully saturated rings. The van der Waals surface area contributed by atoms with Crippen molar-refractivity contribution in [2.24, 2.45) is 0 Å². The fourth-order valence-electron chi connectivity index (χ4n) is 2.64. The van der Waals surface area contributed by atoms with E-state index in [9.17, 15) is 14.4 Å². The van der Waals surface area contributed by atoms with Crippen LogP contribution >= 0.6 is 0 Å². The number of pyridine rings is 1. The second kappa shape index (κ2) is 7.23. The summed E-state index contributed by atoms with van der Waals surface area (Å²) in [6.07, 6.45) is -0.992. The molecule has 6 heteroatoms. The Balaban J connectivity index is 1.83. The van der Waals surface area contributed by atoms with Crippen molar-refractivity contribution < 1.29 is 19.1 Å². The molecule has 0 bridgehead atoms. The van der Waals surface area contributed by atoms with E-state index in [1.54, 1.807) is 48.5 Å². The van der Waals surface area contributed by atoms with Crippen LogP contribution in [-0.2, 0) is 4.74 Å². The van der Waals surface area contributed by atoms with Gasteiger partial charge in [-0.3, -0.25) is 9.59 Å². The zero-order valence-electron chi connectivity index (χ0n) is 14.3. The van der Waals surface area contributed by atoms with E-state index < -0.39 is 17.6 Å². The molecular formula is C20H17NO5. The number of ether oxygens (including phenoxy) is 2. The van der Waals surface area contributed by atoms with Crippen molar-refractivity contribution in [3.63, 3.8) is 0 Å². The lowest BCUT2D eigenvalue weighted by Gasteiger charge is -2.13. The second-order valence-corrected chi connectivity index (χ2v) is 5.73. The smallest absolute Gasteiger partial charge is 0.339 e. The number of hydrogen-bond acceptors (Lipinski definition) is 5. The zero-order chi connectivity index (χ0) is 18.7. The minimum absolute atomic E-state index is 0.124. The van der Waals surface area contributed by atoms with Gasteiger partial charge in [-0.2, -0.15) is 0 Å². The van der Waals surface area contributed by atoms with Crippen LogP contribution in [0, 0.1) is 0 Å². The standard InChI is InChI=1S/C20H17NO5/c1-12(19(23)13-7-9-14(25-2)10-8-13)26-20(24)16-11-18(22)21-17-6-4-3-5-15(16)17/h3-12H,1-2H3,(H,21,22)/t12-/m0/s1. The molecule has 2 aromatic carbocycles. The number of benzene rings is 2. The number of rotatable bonds is 5. The maximum atomic E-state index is 12.5. The second-order valence-electron chi connectivity index (χ2n) is 5.73. The molecule has 0 spiro atoms. The molecule has 26 heavy (non-hydrogen) atoms. The van der Waals surface area contributed by atoms with Crippen molar-refractivity contribution in [2.75, 3.05) is 7.11 Å². The van der Waals surface area contributed by atoms with E-state index >= 15 is 0 Å². The van der Waals surface area contributed by atoms with Crippen molar-refractivity contribution in [1.82, 2.24) is 4.98 Å². The van der Waals surface area contributed by atoms with Crippen molar-refractivity contribution in [2.45, 2.75) is 13.0 Å². The Morgan fingerprint density at radius 3 is 2.42 bits per heavy atom. The number of ketones is 1. The number of hydrogen-bond donors (Lipinski definition) is 1. The summed E-state index contributed by atoms with van der Waals surface area (Å²) in [5.74, 6) is -0.432. The number of para-hydroxylation sites is 1. The van der Waals surface area contributed by atoms with Gasteiger partial charge in [-0.15, -0.1) is 0 Å². The lowest BCUT2D eigenvalue weighted by Crippen LogP contribution is -2.25. The third kappa shape index (κ3) is 3.49. The summed E-state index contributed by atoms with van der Waals surface area (Å²) < 4.78 is 10.4. The van der Waals surface area contributed by atoms with Gasteiger partial charge in [0.2, 0.25) is 11.3 Å². The number of aromatic amines is 1. The normalized spacial score (nSPS) is 11.8. The molecular weight excluding hydrogens is 334 g/mol. The molecule has 1 heterocycles. The number of nitrogens with one attached hydrogen (secondary N) is 1. The predicted molar refractivity (Wildman–Crippen MR) is 96.8 cm³/mol. The van der Waals surface area contributed by atoms with Crippen molar-refractivity contribution in [3.05, 3.63) is 76.1 Å². The van der Waals surface area contributed by atoms with E-state index in [1.165, 1.54) is 20.1 Å². The molecule has 0 saturated heterocycles. The van der Waals surface area contributed by atoms with E-state index in [-0.39, 0.29) is 11.3 Å². The molecule has 3 rings (SSSR count). The molecule has 0 amide bonds. The summed E-state index contributed by atoms with van der Waals surface area (Å²) in [5, 5.41) is 0.557.